The molecular formula is C27H42F2O3. The summed E-state index contributed by atoms with van der Waals surface area (Å²) in [6.07, 6.45) is 13.6. The minimum absolute atomic E-state index is 0.00211. The van der Waals surface area contributed by atoms with E-state index in [1.807, 2.05) is 6.92 Å². The first-order valence-electron chi connectivity index (χ1n) is 13.0. The Morgan fingerprint density at radius 1 is 0.875 bits per heavy atom. The third kappa shape index (κ3) is 7.41. The fourth-order valence-electron chi connectivity index (χ4n) is 5.02. The number of rotatable bonds is 12. The van der Waals surface area contributed by atoms with Crippen LogP contribution in [0.1, 0.15) is 102 Å². The van der Waals surface area contributed by atoms with E-state index in [4.69, 9.17) is 14.2 Å². The first-order valence-corrected chi connectivity index (χ1v) is 13.0. The van der Waals surface area contributed by atoms with E-state index in [2.05, 4.69) is 6.92 Å². The lowest BCUT2D eigenvalue weighted by molar-refractivity contribution is -0.175. The fraction of sp³-hybridized carbons (Fsp3) is 0.778. The van der Waals surface area contributed by atoms with Crippen LogP contribution in [0.5, 0.6) is 5.75 Å². The van der Waals surface area contributed by atoms with Crippen LogP contribution in [-0.4, -0.2) is 26.1 Å². The molecule has 182 valence electrons. The largest absolute Gasteiger partial charge is 0.490 e. The zero-order valence-corrected chi connectivity index (χ0v) is 20.1. The van der Waals surface area contributed by atoms with Gasteiger partial charge in [0.1, 0.15) is 0 Å². The van der Waals surface area contributed by atoms with Crippen LogP contribution in [-0.2, 0) is 9.47 Å². The van der Waals surface area contributed by atoms with Crippen molar-refractivity contribution < 1.29 is 23.0 Å². The molecule has 1 heterocycles. The lowest BCUT2D eigenvalue weighted by Crippen LogP contribution is -2.30. The summed E-state index contributed by atoms with van der Waals surface area (Å²) in [7, 11) is 0. The molecule has 3 nitrogen and oxygen atoms in total. The summed E-state index contributed by atoms with van der Waals surface area (Å²) in [5.74, 6) is -0.302. The van der Waals surface area contributed by atoms with Gasteiger partial charge in [0.15, 0.2) is 17.9 Å². The molecule has 1 aliphatic carbocycles. The van der Waals surface area contributed by atoms with Crippen molar-refractivity contribution in [3.63, 3.8) is 0 Å². The molecule has 1 aromatic carbocycles. The van der Waals surface area contributed by atoms with Crippen molar-refractivity contribution in [2.24, 2.45) is 11.8 Å². The van der Waals surface area contributed by atoms with Crippen molar-refractivity contribution in [1.29, 1.82) is 0 Å². The van der Waals surface area contributed by atoms with Crippen molar-refractivity contribution >= 4 is 0 Å². The SMILES string of the molecule is CCCCCC1CCC(COC2CCC(c3ccc(OCCCC)c(F)c3F)CO2)CC1. The highest BCUT2D eigenvalue weighted by Crippen LogP contribution is 2.35. The van der Waals surface area contributed by atoms with E-state index < -0.39 is 11.6 Å². The Morgan fingerprint density at radius 3 is 2.31 bits per heavy atom. The van der Waals surface area contributed by atoms with Crippen LogP contribution in [0.2, 0.25) is 0 Å². The molecule has 5 heteroatoms. The quantitative estimate of drug-likeness (QED) is 0.303. The lowest BCUT2D eigenvalue weighted by Gasteiger charge is -2.32. The van der Waals surface area contributed by atoms with Gasteiger partial charge in [0.05, 0.1) is 19.8 Å². The second kappa shape index (κ2) is 13.5. The molecule has 0 aromatic heterocycles. The van der Waals surface area contributed by atoms with Gasteiger partial charge in [-0.3, -0.25) is 0 Å². The molecule has 32 heavy (non-hydrogen) atoms. The standard InChI is InChI=1S/C27H42F2O3/c1-3-5-7-8-20-9-11-21(12-10-20)18-31-25-16-13-22(19-32-25)23-14-15-24(27(29)26(23)28)30-17-6-4-2/h14-15,20-22,25H,3-13,16-19H2,1-2H3. The average molecular weight is 453 g/mol. The molecular weight excluding hydrogens is 410 g/mol. The lowest BCUT2D eigenvalue weighted by atomic mass is 9.80. The third-order valence-corrected chi connectivity index (χ3v) is 7.21. The molecule has 0 spiro atoms. The Balaban J connectivity index is 1.38. The molecule has 1 saturated carbocycles. The summed E-state index contributed by atoms with van der Waals surface area (Å²) >= 11 is 0. The number of ether oxygens (including phenoxy) is 3. The van der Waals surface area contributed by atoms with Gasteiger partial charge in [-0.2, -0.15) is 4.39 Å². The van der Waals surface area contributed by atoms with Crippen LogP contribution in [0.3, 0.4) is 0 Å². The maximum Gasteiger partial charge on any atom is 0.200 e. The van der Waals surface area contributed by atoms with Gasteiger partial charge in [-0.05, 0) is 55.6 Å². The maximum atomic E-state index is 14.6. The summed E-state index contributed by atoms with van der Waals surface area (Å²) in [4.78, 5) is 0. The zero-order valence-electron chi connectivity index (χ0n) is 20.1. The molecule has 0 bridgehead atoms. The summed E-state index contributed by atoms with van der Waals surface area (Å²) in [5, 5.41) is 0. The summed E-state index contributed by atoms with van der Waals surface area (Å²) < 4.78 is 46.3. The smallest absolute Gasteiger partial charge is 0.200 e. The predicted molar refractivity (Wildman–Crippen MR) is 124 cm³/mol. The minimum Gasteiger partial charge on any atom is -0.490 e. The molecule has 2 atom stereocenters. The Morgan fingerprint density at radius 2 is 1.62 bits per heavy atom. The molecule has 1 aliphatic heterocycles. The van der Waals surface area contributed by atoms with Crippen LogP contribution in [0.15, 0.2) is 12.1 Å². The van der Waals surface area contributed by atoms with Crippen molar-refractivity contribution in [1.82, 2.24) is 0 Å². The van der Waals surface area contributed by atoms with E-state index in [0.717, 1.165) is 31.8 Å². The van der Waals surface area contributed by atoms with Crippen LogP contribution < -0.4 is 4.74 Å². The maximum absolute atomic E-state index is 14.6. The highest BCUT2D eigenvalue weighted by molar-refractivity contribution is 5.33. The van der Waals surface area contributed by atoms with Crippen LogP contribution in [0.25, 0.3) is 0 Å². The van der Waals surface area contributed by atoms with Crippen molar-refractivity contribution in [2.45, 2.75) is 103 Å². The van der Waals surface area contributed by atoms with Gasteiger partial charge in [-0.1, -0.05) is 64.9 Å². The van der Waals surface area contributed by atoms with Gasteiger partial charge in [0.25, 0.3) is 0 Å². The number of unbranched alkanes of at least 4 members (excludes halogenated alkanes) is 3. The van der Waals surface area contributed by atoms with Gasteiger partial charge in [-0.15, -0.1) is 0 Å². The monoisotopic (exact) mass is 452 g/mol. The highest BCUT2D eigenvalue weighted by Gasteiger charge is 2.29. The predicted octanol–water partition coefficient (Wildman–Crippen LogP) is 7.77. The molecule has 0 N–H and O–H groups in total. The van der Waals surface area contributed by atoms with Crippen molar-refractivity contribution in [3.8, 4) is 5.75 Å². The van der Waals surface area contributed by atoms with E-state index in [9.17, 15) is 8.78 Å². The third-order valence-electron chi connectivity index (χ3n) is 7.21. The summed E-state index contributed by atoms with van der Waals surface area (Å²) in [6.45, 7) is 5.81. The second-order valence-electron chi connectivity index (χ2n) is 9.74. The Bertz CT molecular complexity index is 665. The topological polar surface area (TPSA) is 27.7 Å². The molecule has 2 unspecified atom stereocenters. The van der Waals surface area contributed by atoms with Crippen molar-refractivity contribution in [3.05, 3.63) is 29.3 Å². The molecule has 1 aromatic rings. The van der Waals surface area contributed by atoms with Gasteiger partial charge in [0, 0.05) is 5.92 Å². The Labute approximate surface area is 193 Å². The van der Waals surface area contributed by atoms with Gasteiger partial charge in [-0.25, -0.2) is 4.39 Å². The second-order valence-corrected chi connectivity index (χ2v) is 9.74. The van der Waals surface area contributed by atoms with Gasteiger partial charge in [0.2, 0.25) is 5.82 Å². The Hall–Kier alpha value is -1.20. The number of halogens is 2. The average Bonchev–Trinajstić information content (AvgIpc) is 2.82. The number of hydrogen-bond donors (Lipinski definition) is 0. The molecule has 0 amide bonds. The number of benzene rings is 1. The summed E-state index contributed by atoms with van der Waals surface area (Å²) in [6, 6.07) is 3.19. The first kappa shape index (κ1) is 25.4. The molecule has 1 saturated heterocycles. The molecule has 0 radical (unpaired) electrons. The van der Waals surface area contributed by atoms with Gasteiger partial charge >= 0.3 is 0 Å². The van der Waals surface area contributed by atoms with E-state index in [-0.39, 0.29) is 18.0 Å². The van der Waals surface area contributed by atoms with E-state index in [0.29, 0.717) is 31.1 Å². The first-order chi connectivity index (χ1) is 15.6. The minimum atomic E-state index is -0.887. The molecule has 3 rings (SSSR count). The summed E-state index contributed by atoms with van der Waals surface area (Å²) in [5.41, 5.74) is 0.380. The van der Waals surface area contributed by atoms with E-state index >= 15 is 0 Å². The molecule has 2 aliphatic rings. The highest BCUT2D eigenvalue weighted by atomic mass is 19.2. The van der Waals surface area contributed by atoms with E-state index in [1.165, 1.54) is 51.4 Å². The number of hydrogen-bond acceptors (Lipinski definition) is 3. The van der Waals surface area contributed by atoms with Crippen molar-refractivity contribution in [2.75, 3.05) is 19.8 Å². The van der Waals surface area contributed by atoms with Gasteiger partial charge < -0.3 is 14.2 Å². The van der Waals surface area contributed by atoms with Crippen LogP contribution >= 0.6 is 0 Å². The molecule has 2 fully saturated rings. The normalized spacial score (nSPS) is 26.2. The van der Waals surface area contributed by atoms with Crippen LogP contribution in [0.4, 0.5) is 8.78 Å². The Kier molecular flexibility index (Phi) is 10.7. The fourth-order valence-corrected chi connectivity index (χ4v) is 5.02. The van der Waals surface area contributed by atoms with E-state index in [1.54, 1.807) is 12.1 Å². The zero-order chi connectivity index (χ0) is 22.8. The van der Waals surface area contributed by atoms with Crippen LogP contribution in [0, 0.1) is 23.5 Å².